The maximum absolute atomic E-state index is 13.0. The van der Waals surface area contributed by atoms with Crippen LogP contribution in [-0.2, 0) is 16.0 Å². The van der Waals surface area contributed by atoms with Crippen molar-refractivity contribution in [2.45, 2.75) is 144 Å². The molecule has 0 radical (unpaired) electrons. The number of rotatable bonds is 11. The number of carbonyl (C=O) groups excluding carboxylic acids is 1. The Hall–Kier alpha value is -2.56. The van der Waals surface area contributed by atoms with Crippen molar-refractivity contribution in [3.63, 3.8) is 0 Å². The van der Waals surface area contributed by atoms with E-state index in [1.165, 1.54) is 63.4 Å². The predicted molar refractivity (Wildman–Crippen MR) is 194 cm³/mol. The highest BCUT2D eigenvalue weighted by molar-refractivity contribution is 5.82. The lowest BCUT2D eigenvalue weighted by molar-refractivity contribution is -0.154. The Morgan fingerprint density at radius 2 is 1.85 bits per heavy atom. The molecule has 48 heavy (non-hydrogen) atoms. The number of aryl methyl sites for hydroxylation is 1. The van der Waals surface area contributed by atoms with Crippen LogP contribution in [0.3, 0.4) is 0 Å². The van der Waals surface area contributed by atoms with Crippen molar-refractivity contribution < 1.29 is 18.7 Å². The fourth-order valence-electron chi connectivity index (χ4n) is 11.0. The number of benzene rings is 1. The van der Waals surface area contributed by atoms with Gasteiger partial charge in [0.1, 0.15) is 17.4 Å². The van der Waals surface area contributed by atoms with Gasteiger partial charge in [0, 0.05) is 23.4 Å². The molecule has 3 saturated carbocycles. The number of esters is 1. The number of hydrogen-bond acceptors (Lipinski definition) is 5. The van der Waals surface area contributed by atoms with Crippen molar-refractivity contribution in [3.05, 3.63) is 51.4 Å². The lowest BCUT2D eigenvalue weighted by Gasteiger charge is -2.61. The highest BCUT2D eigenvalue weighted by Gasteiger charge is 2.56. The number of ether oxygens (including phenoxy) is 2. The van der Waals surface area contributed by atoms with Gasteiger partial charge < -0.3 is 13.9 Å². The van der Waals surface area contributed by atoms with Crippen molar-refractivity contribution in [2.24, 2.45) is 46.3 Å². The monoisotopic (exact) mass is 658 g/mol. The van der Waals surface area contributed by atoms with Crippen LogP contribution in [0.4, 0.5) is 0 Å². The highest BCUT2D eigenvalue weighted by Crippen LogP contribution is 2.65. The molecule has 2 aromatic rings. The minimum Gasteiger partial charge on any atom is -0.482 e. The number of fused-ring (bicyclic) bond motifs is 6. The largest absolute Gasteiger partial charge is 0.482 e. The molecule has 0 aliphatic heterocycles. The molecular weight excluding hydrogens is 596 g/mol. The van der Waals surface area contributed by atoms with E-state index < -0.39 is 0 Å². The fourth-order valence-corrected chi connectivity index (χ4v) is 11.0. The molecule has 0 saturated heterocycles. The van der Waals surface area contributed by atoms with Gasteiger partial charge in [-0.15, -0.1) is 0 Å². The first kappa shape index (κ1) is 35.3. The van der Waals surface area contributed by atoms with E-state index in [1.807, 2.05) is 19.1 Å². The van der Waals surface area contributed by atoms with E-state index in [0.717, 1.165) is 77.7 Å². The van der Waals surface area contributed by atoms with Gasteiger partial charge in [0.2, 0.25) is 0 Å². The summed E-state index contributed by atoms with van der Waals surface area (Å²) in [6.07, 6.45) is 19.3. The summed E-state index contributed by atoms with van der Waals surface area (Å²) in [5.74, 6) is 5.15. The molecule has 5 nitrogen and oxygen atoms in total. The Labute approximate surface area is 289 Å². The number of carbonyl (C=O) groups is 1. The Kier molecular flexibility index (Phi) is 10.5. The van der Waals surface area contributed by atoms with E-state index in [1.54, 1.807) is 6.07 Å². The summed E-state index contributed by atoms with van der Waals surface area (Å²) < 4.78 is 17.4. The predicted octanol–water partition coefficient (Wildman–Crippen LogP) is 10.8. The SMILES string of the molecule is CCCc1c(C)c2ccc(OCC(=O)O[C@H]3CC[C@@]4(C)C(=CC[C@@H]5[C@H]6CC[C@H]([C@H](C)CCCC(C)C)C[C@@]6(C)CC[C@@H]54)C3)cc2oc1=O. The van der Waals surface area contributed by atoms with Crippen LogP contribution < -0.4 is 10.4 Å². The van der Waals surface area contributed by atoms with E-state index >= 15 is 0 Å². The molecule has 1 heterocycles. The van der Waals surface area contributed by atoms with Gasteiger partial charge in [0.25, 0.3) is 0 Å². The van der Waals surface area contributed by atoms with Gasteiger partial charge in [0.05, 0.1) is 0 Å². The highest BCUT2D eigenvalue weighted by atomic mass is 16.6. The Morgan fingerprint density at radius 1 is 1.04 bits per heavy atom. The van der Waals surface area contributed by atoms with Crippen LogP contribution in [0.2, 0.25) is 0 Å². The number of allylic oxidation sites excluding steroid dienone is 1. The Bertz CT molecular complexity index is 1550. The summed E-state index contributed by atoms with van der Waals surface area (Å²) in [6, 6.07) is 5.45. The van der Waals surface area contributed by atoms with Crippen molar-refractivity contribution in [1.29, 1.82) is 0 Å². The number of hydrogen-bond donors (Lipinski definition) is 0. The quantitative estimate of drug-likeness (QED) is 0.137. The first-order chi connectivity index (χ1) is 22.9. The van der Waals surface area contributed by atoms with Crippen LogP contribution >= 0.6 is 0 Å². The van der Waals surface area contributed by atoms with Crippen molar-refractivity contribution >= 4 is 16.9 Å². The molecule has 1 aromatic carbocycles. The molecule has 264 valence electrons. The van der Waals surface area contributed by atoms with Crippen LogP contribution in [0.5, 0.6) is 5.75 Å². The first-order valence-corrected chi connectivity index (χ1v) is 19.5. The normalized spacial score (nSPS) is 32.2. The molecule has 6 rings (SSSR count). The first-order valence-electron chi connectivity index (χ1n) is 19.5. The zero-order valence-electron chi connectivity index (χ0n) is 31.0. The summed E-state index contributed by atoms with van der Waals surface area (Å²) >= 11 is 0. The average Bonchev–Trinajstić information content (AvgIpc) is 3.04. The fraction of sp³-hybridized carbons (Fsp3) is 0.721. The minimum atomic E-state index is -0.336. The van der Waals surface area contributed by atoms with Crippen LogP contribution in [-0.4, -0.2) is 18.7 Å². The van der Waals surface area contributed by atoms with Crippen LogP contribution in [0.15, 0.2) is 39.1 Å². The van der Waals surface area contributed by atoms with Crippen molar-refractivity contribution in [3.8, 4) is 5.75 Å². The third-order valence-corrected chi connectivity index (χ3v) is 13.8. The van der Waals surface area contributed by atoms with Gasteiger partial charge >= 0.3 is 11.6 Å². The van der Waals surface area contributed by atoms with Crippen molar-refractivity contribution in [1.82, 2.24) is 0 Å². The maximum Gasteiger partial charge on any atom is 0.344 e. The smallest absolute Gasteiger partial charge is 0.344 e. The second-order valence-electron chi connectivity index (χ2n) is 17.3. The Balaban J connectivity index is 1.03. The third kappa shape index (κ3) is 7.04. The second kappa shape index (κ2) is 14.4. The van der Waals surface area contributed by atoms with Gasteiger partial charge in [-0.05, 0) is 129 Å². The summed E-state index contributed by atoms with van der Waals surface area (Å²) in [5, 5.41) is 0.901. The van der Waals surface area contributed by atoms with Crippen LogP contribution in [0.1, 0.15) is 136 Å². The summed E-state index contributed by atoms with van der Waals surface area (Å²) in [5.41, 5.74) is 4.14. The lowest BCUT2D eigenvalue weighted by Crippen LogP contribution is -2.52. The standard InChI is InChI=1S/C43H62O5/c1-8-10-35-29(5)34-17-15-32(24-39(34)48-41(35)45)46-26-40(44)47-33-19-22-43(7)31(23-33)14-16-36-37-18-13-30(28(4)12-9-11-27(2)3)25-42(37,6)21-20-38(36)43/h14-15,17,24,27-28,30,33,36-38H,8-13,16,18-23,25-26H2,1-7H3/t28-,30+,33+,36-,37-,38+,42-,43+/m1/s1. The van der Waals surface area contributed by atoms with Gasteiger partial charge in [-0.2, -0.15) is 0 Å². The molecule has 0 N–H and O–H groups in total. The zero-order chi connectivity index (χ0) is 34.2. The average molecular weight is 659 g/mol. The molecule has 3 fully saturated rings. The zero-order valence-corrected chi connectivity index (χ0v) is 31.0. The third-order valence-electron chi connectivity index (χ3n) is 13.8. The molecule has 0 bridgehead atoms. The summed E-state index contributed by atoms with van der Waals surface area (Å²) in [6.45, 7) is 16.3. The summed E-state index contributed by atoms with van der Waals surface area (Å²) in [4.78, 5) is 25.5. The van der Waals surface area contributed by atoms with Gasteiger partial charge in [0.15, 0.2) is 6.61 Å². The molecule has 0 amide bonds. The van der Waals surface area contributed by atoms with Gasteiger partial charge in [-0.25, -0.2) is 9.59 Å². The summed E-state index contributed by atoms with van der Waals surface area (Å²) in [7, 11) is 0. The molecule has 0 unspecified atom stereocenters. The topological polar surface area (TPSA) is 65.7 Å². The Morgan fingerprint density at radius 3 is 2.62 bits per heavy atom. The second-order valence-corrected chi connectivity index (χ2v) is 17.3. The molecule has 0 spiro atoms. The van der Waals surface area contributed by atoms with E-state index in [4.69, 9.17) is 13.9 Å². The van der Waals surface area contributed by atoms with Crippen LogP contribution in [0.25, 0.3) is 11.0 Å². The molecule has 1 aromatic heterocycles. The van der Waals surface area contributed by atoms with E-state index in [9.17, 15) is 9.59 Å². The molecule has 8 atom stereocenters. The van der Waals surface area contributed by atoms with Crippen molar-refractivity contribution in [2.75, 3.05) is 6.61 Å². The van der Waals surface area contributed by atoms with E-state index in [-0.39, 0.29) is 29.7 Å². The maximum atomic E-state index is 13.0. The van der Waals surface area contributed by atoms with Gasteiger partial charge in [-0.1, -0.05) is 78.9 Å². The van der Waals surface area contributed by atoms with Crippen LogP contribution in [0, 0.1) is 53.3 Å². The molecular formula is C43H62O5. The lowest BCUT2D eigenvalue weighted by atomic mass is 9.44. The van der Waals surface area contributed by atoms with E-state index in [0.29, 0.717) is 23.2 Å². The minimum absolute atomic E-state index is 0.0901. The van der Waals surface area contributed by atoms with E-state index in [2.05, 4.69) is 47.6 Å². The molecule has 4 aliphatic rings. The molecule has 5 heteroatoms. The molecule has 4 aliphatic carbocycles. The van der Waals surface area contributed by atoms with Gasteiger partial charge in [-0.3, -0.25) is 0 Å².